The zero-order valence-corrected chi connectivity index (χ0v) is 70.3. The van der Waals surface area contributed by atoms with E-state index in [1.807, 2.05) is 63.5 Å². The first kappa shape index (κ1) is 82.3. The van der Waals surface area contributed by atoms with Gasteiger partial charge in [-0.3, -0.25) is 0 Å². The van der Waals surface area contributed by atoms with Crippen molar-refractivity contribution in [2.45, 2.75) is 117 Å². The van der Waals surface area contributed by atoms with E-state index in [1.54, 1.807) is 86.2 Å². The van der Waals surface area contributed by atoms with E-state index in [0.717, 1.165) is 136 Å². The van der Waals surface area contributed by atoms with E-state index in [2.05, 4.69) is 171 Å². The number of piperidine rings is 1. The summed E-state index contributed by atoms with van der Waals surface area (Å²) in [7, 11) is -14.2. The van der Waals surface area contributed by atoms with Gasteiger partial charge in [-0.25, -0.2) is 42.5 Å². The van der Waals surface area contributed by atoms with Crippen LogP contribution in [0.5, 0.6) is 0 Å². The second kappa shape index (κ2) is 34.8. The predicted molar refractivity (Wildman–Crippen MR) is 461 cm³/mol. The maximum Gasteiger partial charge on any atom is 0.243 e. The van der Waals surface area contributed by atoms with Gasteiger partial charge in [0.2, 0.25) is 40.1 Å². The number of sulfonamides is 4. The molecule has 34 heteroatoms. The van der Waals surface area contributed by atoms with Gasteiger partial charge in [0, 0.05) is 168 Å². The van der Waals surface area contributed by atoms with E-state index in [-0.39, 0.29) is 45.7 Å². The number of aromatic nitrogens is 16. The van der Waals surface area contributed by atoms with Gasteiger partial charge in [-0.05, 0) is 216 Å². The van der Waals surface area contributed by atoms with Crippen LogP contribution in [0.4, 0.5) is 8.78 Å². The number of benzene rings is 8. The van der Waals surface area contributed by atoms with Crippen molar-refractivity contribution in [3.05, 3.63) is 267 Å². The number of H-pyrrole nitrogens is 4. The maximum absolute atomic E-state index is 13.6. The molecule has 4 aliphatic heterocycles. The SMILES string of the molecule is CC1CC(Cn2ccc3cc(-c4cn[nH]n4)ccc32)CN1S(=O)(=O)c1ccc(F)cc1.CC1CC(Cn2ccc3cc(-c4cn[nH]n4)ccc32)CN1S(=O)(=O)c1cccc(F)c1.CC1CC(Cn2ccc3cc(-c4cn[nH]n4)ccc32)CN1S(=O)(=O)c1ccccc1.O=S(=O)(c1ccccc1)N1CCC(Cn2ccc3cc(-c4cn[nH]n4)ccc32)CC1. The largest absolute Gasteiger partial charge is 0.347 e. The quantitative estimate of drug-likeness (QED) is 0.0551. The Balaban J connectivity index is 0.000000116. The predicted octanol–water partition coefficient (Wildman–Crippen LogP) is 14.4. The number of hydrogen-bond acceptors (Lipinski definition) is 16. The van der Waals surface area contributed by atoms with Gasteiger partial charge < -0.3 is 18.3 Å². The third kappa shape index (κ3) is 17.5. The number of nitrogens with one attached hydrogen (secondary N) is 4. The fraction of sp³-hybridized carbons (Fsp3) is 0.273. The highest BCUT2D eigenvalue weighted by molar-refractivity contribution is 7.90. The standard InChI is InChI=1S/2C22H22FN5O2S.2C22H23N5O2S/c1-15-10-16(14-28(15)31(29,30)20-5-3-19(23)4-6-20)13-27-9-8-18-11-17(2-7-22(18)27)21-12-24-26-25-21;1-15-9-16(14-28(15)31(29,30)20-4-2-3-19(23)11-20)13-27-8-7-18-10-17(5-6-22(18)27)21-12-24-26-25-21;1-16-11-17(15-27(16)30(28,29)20-5-3-2-4-6-20)14-26-10-9-19-12-18(7-8-22(19)26)21-13-23-25-24-21;28-30(29,20-4-2-1-3-5-20)27-12-8-17(9-13-27)16-26-11-10-19-14-18(6-7-22(19)26)21-15-23-25-24-21/h2-9,11-12,15-16H,10,13-14H2,1H3,(H,24,25,26);2-8,10-12,15-16H,9,13-14H2,1H3,(H,24,25,26);2-10,12-13,16-17H,11,14-15H2,1H3,(H,23,24,25);1-7,10-11,14-15,17H,8-9,12-13,16H2,(H,23,24,25). The summed E-state index contributed by atoms with van der Waals surface area (Å²) in [4.78, 5) is 0.882. The van der Waals surface area contributed by atoms with Crippen LogP contribution in [0, 0.1) is 35.3 Å². The monoisotopic (exact) mass is 1720 g/mol. The van der Waals surface area contributed by atoms with Crippen molar-refractivity contribution in [1.82, 2.24) is 97.1 Å². The zero-order chi connectivity index (χ0) is 84.4. The first-order valence-corrected chi connectivity index (χ1v) is 46.2. The van der Waals surface area contributed by atoms with Gasteiger partial charge in [0.15, 0.2) is 0 Å². The number of fused-ring (bicyclic) bond motifs is 4. The molecule has 4 saturated heterocycles. The molecule has 0 amide bonds. The number of nitrogens with zero attached hydrogens (tertiary/aromatic N) is 16. The van der Waals surface area contributed by atoms with Crippen LogP contribution in [0.15, 0.2) is 275 Å². The molecule has 16 aromatic rings. The van der Waals surface area contributed by atoms with Crippen molar-refractivity contribution in [3.8, 4) is 45.0 Å². The molecule has 8 aromatic heterocycles. The third-order valence-electron chi connectivity index (χ3n) is 23.7. The maximum atomic E-state index is 13.6. The van der Waals surface area contributed by atoms with Crippen molar-refractivity contribution < 1.29 is 42.5 Å². The minimum Gasteiger partial charge on any atom is -0.347 e. The third-order valence-corrected chi connectivity index (χ3v) is 31.6. The van der Waals surface area contributed by atoms with Crippen molar-refractivity contribution in [3.63, 3.8) is 0 Å². The van der Waals surface area contributed by atoms with Crippen LogP contribution in [0.1, 0.15) is 52.9 Å². The minimum absolute atomic E-state index is 0.00630. The summed E-state index contributed by atoms with van der Waals surface area (Å²) in [5.41, 5.74) is 11.8. The van der Waals surface area contributed by atoms with Crippen molar-refractivity contribution in [2.75, 3.05) is 32.7 Å². The van der Waals surface area contributed by atoms with E-state index in [0.29, 0.717) is 55.0 Å². The second-order valence-electron chi connectivity index (χ2n) is 31.8. The molecule has 122 heavy (non-hydrogen) atoms. The Kier molecular flexibility index (Phi) is 23.5. The summed E-state index contributed by atoms with van der Waals surface area (Å²) in [6.45, 7) is 11.5. The topological polar surface area (TPSA) is 336 Å². The van der Waals surface area contributed by atoms with E-state index >= 15 is 0 Å². The normalized spacial score (nSPS) is 19.1. The molecule has 0 aliphatic carbocycles. The average molecular weight is 1720 g/mol. The molecule has 0 bridgehead atoms. The highest BCUT2D eigenvalue weighted by Gasteiger charge is 2.41. The average Bonchev–Trinajstić information content (AvgIpc) is 1.62. The molecule has 6 atom stereocenters. The minimum atomic E-state index is -3.73. The molecule has 28 nitrogen and oxygen atoms in total. The molecular formula is C88H90F2N20O8S4. The summed E-state index contributed by atoms with van der Waals surface area (Å²) in [6, 6.07) is 60.5. The van der Waals surface area contributed by atoms with Crippen LogP contribution >= 0.6 is 0 Å². The fourth-order valence-corrected chi connectivity index (χ4v) is 24.3. The molecule has 628 valence electrons. The smallest absolute Gasteiger partial charge is 0.243 e. The number of hydrogen-bond donors (Lipinski definition) is 4. The van der Waals surface area contributed by atoms with E-state index in [9.17, 15) is 42.5 Å². The van der Waals surface area contributed by atoms with E-state index in [4.69, 9.17) is 0 Å². The highest BCUT2D eigenvalue weighted by Crippen LogP contribution is 2.38. The Morgan fingerprint density at radius 1 is 0.328 bits per heavy atom. The Hall–Kier alpha value is -12.0. The molecule has 6 unspecified atom stereocenters. The number of aromatic amines is 4. The molecule has 0 spiro atoms. The summed E-state index contributed by atoms with van der Waals surface area (Å²) in [5, 5.41) is 47.0. The van der Waals surface area contributed by atoms with Gasteiger partial charge in [0.25, 0.3) is 0 Å². The van der Waals surface area contributed by atoms with Crippen molar-refractivity contribution in [2.24, 2.45) is 23.7 Å². The lowest BCUT2D eigenvalue weighted by Gasteiger charge is -2.31. The Morgan fingerprint density at radius 3 is 0.967 bits per heavy atom. The van der Waals surface area contributed by atoms with Crippen molar-refractivity contribution in [1.29, 1.82) is 0 Å². The lowest BCUT2D eigenvalue weighted by Crippen LogP contribution is -2.39. The Morgan fingerprint density at radius 2 is 0.639 bits per heavy atom. The summed E-state index contributed by atoms with van der Waals surface area (Å²) >= 11 is 0. The van der Waals surface area contributed by atoms with E-state index < -0.39 is 51.7 Å². The highest BCUT2D eigenvalue weighted by atomic mass is 32.2. The summed E-state index contributed by atoms with van der Waals surface area (Å²) in [6.07, 6.45) is 19.2. The summed E-state index contributed by atoms with van der Waals surface area (Å²) in [5.74, 6) is 0.0910. The molecule has 0 saturated carbocycles. The molecule has 20 rings (SSSR count). The first-order chi connectivity index (χ1) is 59.0. The molecule has 4 fully saturated rings. The van der Waals surface area contributed by atoms with Crippen LogP contribution in [0.25, 0.3) is 88.6 Å². The Labute approximate surface area is 704 Å². The van der Waals surface area contributed by atoms with E-state index in [1.165, 1.54) is 57.7 Å². The van der Waals surface area contributed by atoms with Crippen LogP contribution in [0.3, 0.4) is 0 Å². The van der Waals surface area contributed by atoms with Gasteiger partial charge in [-0.2, -0.15) is 78.9 Å². The van der Waals surface area contributed by atoms with Gasteiger partial charge >= 0.3 is 0 Å². The van der Waals surface area contributed by atoms with Crippen LogP contribution in [0.2, 0.25) is 0 Å². The lowest BCUT2D eigenvalue weighted by atomic mass is 9.98. The summed E-state index contributed by atoms with van der Waals surface area (Å²) < 4.78 is 146. The second-order valence-corrected chi connectivity index (χ2v) is 39.5. The number of rotatable bonds is 20. The Bertz CT molecular complexity index is 6790. The molecule has 4 N–H and O–H groups in total. The molecule has 8 aromatic carbocycles. The van der Waals surface area contributed by atoms with Crippen LogP contribution in [-0.2, 0) is 66.3 Å². The van der Waals surface area contributed by atoms with Gasteiger partial charge in [0.05, 0.1) is 44.4 Å². The molecular weight excluding hydrogens is 1630 g/mol. The van der Waals surface area contributed by atoms with Crippen LogP contribution in [-0.4, -0.2) is 182 Å². The zero-order valence-electron chi connectivity index (χ0n) is 67.0. The van der Waals surface area contributed by atoms with Crippen LogP contribution < -0.4 is 0 Å². The lowest BCUT2D eigenvalue weighted by molar-refractivity contribution is 0.254. The van der Waals surface area contributed by atoms with Crippen molar-refractivity contribution >= 4 is 83.7 Å². The van der Waals surface area contributed by atoms with Gasteiger partial charge in [-0.1, -0.05) is 66.7 Å². The molecule has 4 aliphatic rings. The molecule has 0 radical (unpaired) electrons. The first-order valence-electron chi connectivity index (χ1n) is 40.4. The fourth-order valence-electron chi connectivity index (χ4n) is 17.6. The number of halogens is 2. The molecule has 12 heterocycles. The van der Waals surface area contributed by atoms with Gasteiger partial charge in [0.1, 0.15) is 34.4 Å². The van der Waals surface area contributed by atoms with Gasteiger partial charge in [-0.15, -0.1) is 0 Å².